The van der Waals surface area contributed by atoms with Crippen LogP contribution in [-0.4, -0.2) is 25.2 Å². The minimum Gasteiger partial charge on any atom is -0.463 e. The first-order valence-corrected chi connectivity index (χ1v) is 9.80. The largest absolute Gasteiger partial charge is 0.463 e. The second kappa shape index (κ2) is 11.4. The topological polar surface area (TPSA) is 52.6 Å². The highest BCUT2D eigenvalue weighted by atomic mass is 16.5. The van der Waals surface area contributed by atoms with Crippen LogP contribution in [0.2, 0.25) is 0 Å². The second-order valence-corrected chi connectivity index (χ2v) is 9.99. The van der Waals surface area contributed by atoms with Gasteiger partial charge in [-0.2, -0.15) is 0 Å². The van der Waals surface area contributed by atoms with Crippen LogP contribution in [0.5, 0.6) is 0 Å². The SMILES string of the molecule is C[C@H](CCOC(=O)/C=C/C(=O)OCC[C@H](C)CC(C)(C)C)CC(C)(C)C. The van der Waals surface area contributed by atoms with Crippen molar-refractivity contribution >= 4 is 11.9 Å². The minimum atomic E-state index is -0.494. The van der Waals surface area contributed by atoms with Gasteiger partial charge in [-0.05, 0) is 48.3 Å². The Labute approximate surface area is 160 Å². The van der Waals surface area contributed by atoms with Gasteiger partial charge in [-0.3, -0.25) is 0 Å². The summed E-state index contributed by atoms with van der Waals surface area (Å²) in [6.45, 7) is 18.3. The lowest BCUT2D eigenvalue weighted by Gasteiger charge is -2.23. The summed E-state index contributed by atoms with van der Waals surface area (Å²) in [5.74, 6) is -0.00400. The molecule has 4 heteroatoms. The van der Waals surface area contributed by atoms with Crippen molar-refractivity contribution in [3.05, 3.63) is 12.2 Å². The van der Waals surface area contributed by atoms with Crippen molar-refractivity contribution in [1.82, 2.24) is 0 Å². The Kier molecular flexibility index (Phi) is 10.8. The molecule has 0 N–H and O–H groups in total. The zero-order valence-corrected chi connectivity index (χ0v) is 18.2. The Morgan fingerprint density at radius 1 is 0.731 bits per heavy atom. The van der Waals surface area contributed by atoms with Crippen LogP contribution in [0.1, 0.15) is 81.1 Å². The van der Waals surface area contributed by atoms with Crippen LogP contribution in [0.25, 0.3) is 0 Å². The maximum absolute atomic E-state index is 11.6. The van der Waals surface area contributed by atoms with Crippen molar-refractivity contribution in [3.63, 3.8) is 0 Å². The van der Waals surface area contributed by atoms with E-state index in [1.54, 1.807) is 0 Å². The molecule has 0 aromatic rings. The summed E-state index contributed by atoms with van der Waals surface area (Å²) in [4.78, 5) is 23.3. The number of rotatable bonds is 10. The van der Waals surface area contributed by atoms with E-state index in [4.69, 9.17) is 9.47 Å². The summed E-state index contributed by atoms with van der Waals surface area (Å²) >= 11 is 0. The average Bonchev–Trinajstić information content (AvgIpc) is 2.41. The molecule has 0 aromatic heterocycles. The summed E-state index contributed by atoms with van der Waals surface area (Å²) in [6, 6.07) is 0. The summed E-state index contributed by atoms with van der Waals surface area (Å²) in [6.07, 6.45) is 6.12. The predicted octanol–water partition coefficient (Wildman–Crippen LogP) is 5.55. The summed E-state index contributed by atoms with van der Waals surface area (Å²) in [5.41, 5.74) is 0.551. The molecular weight excluding hydrogens is 328 g/mol. The number of esters is 2. The summed E-state index contributed by atoms with van der Waals surface area (Å²) in [7, 11) is 0. The summed E-state index contributed by atoms with van der Waals surface area (Å²) in [5, 5.41) is 0. The first kappa shape index (κ1) is 24.7. The van der Waals surface area contributed by atoms with Crippen molar-refractivity contribution in [2.75, 3.05) is 13.2 Å². The van der Waals surface area contributed by atoms with E-state index in [9.17, 15) is 9.59 Å². The quantitative estimate of drug-likeness (QED) is 0.374. The molecule has 0 rings (SSSR count). The van der Waals surface area contributed by atoms with Crippen LogP contribution in [0, 0.1) is 22.7 Å². The number of carbonyl (C=O) groups excluding carboxylic acids is 2. The lowest BCUT2D eigenvalue weighted by molar-refractivity contribution is -0.140. The smallest absolute Gasteiger partial charge is 0.331 e. The molecule has 4 nitrogen and oxygen atoms in total. The van der Waals surface area contributed by atoms with Crippen molar-refractivity contribution in [3.8, 4) is 0 Å². The van der Waals surface area contributed by atoms with Crippen LogP contribution < -0.4 is 0 Å². The first-order chi connectivity index (χ1) is 11.8. The van der Waals surface area contributed by atoms with Crippen molar-refractivity contribution in [2.45, 2.75) is 81.1 Å². The predicted molar refractivity (Wildman–Crippen MR) is 107 cm³/mol. The highest BCUT2D eigenvalue weighted by Gasteiger charge is 2.16. The van der Waals surface area contributed by atoms with Crippen LogP contribution in [-0.2, 0) is 19.1 Å². The van der Waals surface area contributed by atoms with E-state index in [2.05, 4.69) is 55.4 Å². The van der Waals surface area contributed by atoms with Gasteiger partial charge in [0.15, 0.2) is 0 Å². The lowest BCUT2D eigenvalue weighted by atomic mass is 9.84. The molecule has 0 fully saturated rings. The third-order valence-corrected chi connectivity index (χ3v) is 3.99. The fourth-order valence-corrected chi connectivity index (χ4v) is 3.25. The Morgan fingerprint density at radius 3 is 1.31 bits per heavy atom. The van der Waals surface area contributed by atoms with Gasteiger partial charge in [-0.25, -0.2) is 9.59 Å². The van der Waals surface area contributed by atoms with E-state index in [1.165, 1.54) is 0 Å². The van der Waals surface area contributed by atoms with E-state index in [0.717, 1.165) is 37.8 Å². The van der Waals surface area contributed by atoms with Gasteiger partial charge in [0, 0.05) is 12.2 Å². The normalized spacial score (nSPS) is 14.9. The molecule has 152 valence electrons. The molecule has 0 amide bonds. The lowest BCUT2D eigenvalue weighted by Crippen LogP contribution is -2.14. The summed E-state index contributed by atoms with van der Waals surface area (Å²) < 4.78 is 10.3. The van der Waals surface area contributed by atoms with E-state index in [-0.39, 0.29) is 10.8 Å². The average molecular weight is 369 g/mol. The van der Waals surface area contributed by atoms with Crippen LogP contribution >= 0.6 is 0 Å². The number of hydrogen-bond acceptors (Lipinski definition) is 4. The highest BCUT2D eigenvalue weighted by molar-refractivity contribution is 5.91. The molecule has 2 atom stereocenters. The zero-order chi connectivity index (χ0) is 20.4. The van der Waals surface area contributed by atoms with Gasteiger partial charge >= 0.3 is 11.9 Å². The van der Waals surface area contributed by atoms with E-state index in [0.29, 0.717) is 25.0 Å². The molecule has 0 heterocycles. The molecule has 0 spiro atoms. The van der Waals surface area contributed by atoms with Crippen LogP contribution in [0.4, 0.5) is 0 Å². The van der Waals surface area contributed by atoms with E-state index >= 15 is 0 Å². The van der Waals surface area contributed by atoms with Gasteiger partial charge in [-0.15, -0.1) is 0 Å². The highest BCUT2D eigenvalue weighted by Crippen LogP contribution is 2.26. The number of carbonyl (C=O) groups is 2. The first-order valence-electron chi connectivity index (χ1n) is 9.80. The zero-order valence-electron chi connectivity index (χ0n) is 18.2. The van der Waals surface area contributed by atoms with Gasteiger partial charge in [0.05, 0.1) is 13.2 Å². The Balaban J connectivity index is 3.94. The molecule has 0 saturated carbocycles. The van der Waals surface area contributed by atoms with Gasteiger partial charge in [0.2, 0.25) is 0 Å². The van der Waals surface area contributed by atoms with Gasteiger partial charge in [0.1, 0.15) is 0 Å². The van der Waals surface area contributed by atoms with Crippen LogP contribution in [0.3, 0.4) is 0 Å². The second-order valence-electron chi connectivity index (χ2n) is 9.99. The molecule has 0 aliphatic carbocycles. The van der Waals surface area contributed by atoms with Gasteiger partial charge in [0.25, 0.3) is 0 Å². The van der Waals surface area contributed by atoms with Crippen molar-refractivity contribution in [2.24, 2.45) is 22.7 Å². The maximum atomic E-state index is 11.6. The molecule has 0 bridgehead atoms. The molecule has 26 heavy (non-hydrogen) atoms. The van der Waals surface area contributed by atoms with Gasteiger partial charge in [-0.1, -0.05) is 55.4 Å². The maximum Gasteiger partial charge on any atom is 0.331 e. The van der Waals surface area contributed by atoms with E-state index < -0.39 is 11.9 Å². The third-order valence-electron chi connectivity index (χ3n) is 3.99. The molecule has 0 unspecified atom stereocenters. The standard InChI is InChI=1S/C22H40O4/c1-17(15-21(3,4)5)11-13-25-19(23)9-10-20(24)26-14-12-18(2)16-22(6,7)8/h9-10,17-18H,11-16H2,1-8H3/b10-9+/t17-,18+. The fraction of sp³-hybridized carbons (Fsp3) is 0.818. The Bertz CT molecular complexity index is 410. The number of hydrogen-bond donors (Lipinski definition) is 0. The molecule has 0 aromatic carbocycles. The molecule has 0 saturated heterocycles. The Hall–Kier alpha value is -1.32. The molecule has 0 radical (unpaired) electrons. The molecular formula is C22H40O4. The van der Waals surface area contributed by atoms with Crippen molar-refractivity contribution in [1.29, 1.82) is 0 Å². The Morgan fingerprint density at radius 2 is 1.04 bits per heavy atom. The number of ether oxygens (including phenoxy) is 2. The van der Waals surface area contributed by atoms with Gasteiger partial charge < -0.3 is 9.47 Å². The monoisotopic (exact) mass is 368 g/mol. The molecule has 0 aliphatic heterocycles. The van der Waals surface area contributed by atoms with E-state index in [1.807, 2.05) is 0 Å². The molecule has 0 aliphatic rings. The minimum absolute atomic E-state index is 0.275. The third kappa shape index (κ3) is 16.2. The van der Waals surface area contributed by atoms with Crippen LogP contribution in [0.15, 0.2) is 12.2 Å². The fourth-order valence-electron chi connectivity index (χ4n) is 3.25. The van der Waals surface area contributed by atoms with Crippen molar-refractivity contribution < 1.29 is 19.1 Å².